The predicted molar refractivity (Wildman–Crippen MR) is 149 cm³/mol. The molecular formula is C28H25F3N5O4S-. The second kappa shape index (κ2) is 13.2. The van der Waals surface area contributed by atoms with Gasteiger partial charge in [-0.25, -0.2) is 4.98 Å². The molecule has 0 amide bonds. The Morgan fingerprint density at radius 2 is 1.61 bits per heavy atom. The zero-order valence-corrected chi connectivity index (χ0v) is 22.5. The van der Waals surface area contributed by atoms with Crippen LogP contribution in [0.5, 0.6) is 5.75 Å². The van der Waals surface area contributed by atoms with Crippen molar-refractivity contribution in [3.05, 3.63) is 96.2 Å². The minimum Gasteiger partial charge on any atom is -0.755 e. The summed E-state index contributed by atoms with van der Waals surface area (Å²) in [7, 11) is 0. The van der Waals surface area contributed by atoms with E-state index in [4.69, 9.17) is 0 Å². The maximum absolute atomic E-state index is 12.6. The van der Waals surface area contributed by atoms with Gasteiger partial charge in [0.2, 0.25) is 5.95 Å². The number of nitrogens with one attached hydrogen (secondary N) is 2. The van der Waals surface area contributed by atoms with Gasteiger partial charge >= 0.3 is 6.36 Å². The average Bonchev–Trinajstić information content (AvgIpc) is 2.90. The van der Waals surface area contributed by atoms with Crippen molar-refractivity contribution in [2.75, 3.05) is 21.5 Å². The molecule has 2 N–H and O–H groups in total. The lowest BCUT2D eigenvalue weighted by Gasteiger charge is -2.22. The Balaban J connectivity index is 1.38. The molecule has 0 bridgehead atoms. The van der Waals surface area contributed by atoms with E-state index in [1.165, 1.54) is 24.3 Å². The lowest BCUT2D eigenvalue weighted by molar-refractivity contribution is -0.274. The second-order valence-electron chi connectivity index (χ2n) is 8.78. The molecule has 0 fully saturated rings. The van der Waals surface area contributed by atoms with E-state index in [0.29, 0.717) is 35.2 Å². The predicted octanol–water partition coefficient (Wildman–Crippen LogP) is 5.84. The number of rotatable bonds is 12. The number of ketones is 1. The summed E-state index contributed by atoms with van der Waals surface area (Å²) < 4.78 is 65.0. The van der Waals surface area contributed by atoms with E-state index < -0.39 is 17.6 Å². The Bertz CT molecular complexity index is 1500. The molecule has 214 valence electrons. The molecule has 4 rings (SSSR count). The summed E-state index contributed by atoms with van der Waals surface area (Å²) in [5, 5.41) is 3.07. The third-order valence-corrected chi connectivity index (χ3v) is 6.16. The van der Waals surface area contributed by atoms with Gasteiger partial charge in [0.25, 0.3) is 0 Å². The van der Waals surface area contributed by atoms with Crippen LogP contribution in [-0.2, 0) is 28.9 Å². The number of carbonyl (C=O) groups is 1. The van der Waals surface area contributed by atoms with Gasteiger partial charge in [0.05, 0.1) is 0 Å². The molecule has 0 aliphatic heterocycles. The van der Waals surface area contributed by atoms with Crippen LogP contribution < -0.4 is 19.7 Å². The minimum absolute atomic E-state index is 0.0816. The topological polar surface area (TPSA) is 120 Å². The number of aromatic nitrogens is 2. The summed E-state index contributed by atoms with van der Waals surface area (Å²) in [6.07, 6.45) is -2.91. The number of hydrogen-bond acceptors (Lipinski definition) is 8. The van der Waals surface area contributed by atoms with Crippen LogP contribution in [0.3, 0.4) is 0 Å². The van der Waals surface area contributed by atoms with Crippen molar-refractivity contribution < 1.29 is 31.5 Å². The quantitative estimate of drug-likeness (QED) is 0.200. The van der Waals surface area contributed by atoms with Crippen LogP contribution in [0.4, 0.5) is 42.0 Å². The third kappa shape index (κ3) is 9.01. The first-order valence-corrected chi connectivity index (χ1v) is 13.4. The maximum Gasteiger partial charge on any atom is 0.573 e. The first kappa shape index (κ1) is 29.5. The molecule has 1 atom stereocenters. The fourth-order valence-corrected chi connectivity index (χ4v) is 4.36. The van der Waals surface area contributed by atoms with E-state index in [2.05, 4.69) is 24.7 Å². The molecule has 0 aliphatic carbocycles. The highest BCUT2D eigenvalue weighted by atomic mass is 32.2. The van der Waals surface area contributed by atoms with Gasteiger partial charge in [-0.1, -0.05) is 30.3 Å². The van der Waals surface area contributed by atoms with Gasteiger partial charge in [-0.2, -0.15) is 4.98 Å². The maximum atomic E-state index is 12.6. The molecule has 13 heteroatoms. The number of alkyl halides is 3. The summed E-state index contributed by atoms with van der Waals surface area (Å²) in [5.74, 6) is 0.530. The van der Waals surface area contributed by atoms with Crippen LogP contribution in [0.25, 0.3) is 0 Å². The van der Waals surface area contributed by atoms with E-state index in [-0.39, 0.29) is 24.4 Å². The Morgan fingerprint density at radius 3 is 2.22 bits per heavy atom. The largest absolute Gasteiger partial charge is 0.755 e. The SMILES string of the molecule is CCN(c1ccc(CC(=O)Cc2ccc(OC(F)(F)F)cc2)cc1)c1ccnc(Nc2cccc(NS(=O)[O-])c2)n1. The van der Waals surface area contributed by atoms with E-state index in [1.54, 1.807) is 36.5 Å². The summed E-state index contributed by atoms with van der Waals surface area (Å²) in [5.41, 5.74) is 3.22. The number of hydrogen-bond donors (Lipinski definition) is 2. The smallest absolute Gasteiger partial charge is 0.573 e. The van der Waals surface area contributed by atoms with Crippen LogP contribution >= 0.6 is 0 Å². The molecule has 0 saturated heterocycles. The number of Topliss-reactive ketones (excluding diaryl/α,β-unsaturated/α-hetero) is 1. The Morgan fingerprint density at radius 1 is 0.976 bits per heavy atom. The zero-order chi connectivity index (χ0) is 29.4. The fourth-order valence-electron chi connectivity index (χ4n) is 4.04. The monoisotopic (exact) mass is 584 g/mol. The highest BCUT2D eigenvalue weighted by Crippen LogP contribution is 2.26. The fraction of sp³-hybridized carbons (Fsp3) is 0.179. The van der Waals surface area contributed by atoms with Gasteiger partial charge in [-0.15, -0.1) is 13.2 Å². The van der Waals surface area contributed by atoms with Gasteiger partial charge in [-0.05, 0) is 66.6 Å². The van der Waals surface area contributed by atoms with Gasteiger partial charge in [0.1, 0.15) is 17.4 Å². The molecule has 0 radical (unpaired) electrons. The van der Waals surface area contributed by atoms with Crippen molar-refractivity contribution in [2.45, 2.75) is 26.1 Å². The first-order chi connectivity index (χ1) is 19.6. The minimum atomic E-state index is -4.77. The highest BCUT2D eigenvalue weighted by molar-refractivity contribution is 7.80. The number of nitrogens with zero attached hydrogens (tertiary/aromatic N) is 3. The lowest BCUT2D eigenvalue weighted by atomic mass is 10.0. The third-order valence-electron chi connectivity index (χ3n) is 5.76. The molecule has 9 nitrogen and oxygen atoms in total. The molecule has 0 saturated carbocycles. The average molecular weight is 585 g/mol. The molecule has 0 aliphatic rings. The van der Waals surface area contributed by atoms with Crippen LogP contribution in [0.1, 0.15) is 18.1 Å². The van der Waals surface area contributed by atoms with Crippen LogP contribution in [0, 0.1) is 0 Å². The van der Waals surface area contributed by atoms with Crippen molar-refractivity contribution in [1.82, 2.24) is 9.97 Å². The van der Waals surface area contributed by atoms with Crippen molar-refractivity contribution in [1.29, 1.82) is 0 Å². The van der Waals surface area contributed by atoms with E-state index in [9.17, 15) is 26.7 Å². The van der Waals surface area contributed by atoms with Crippen molar-refractivity contribution >= 4 is 45.9 Å². The standard InChI is InChI=1S/C28H26F3N5O4S/c1-2-36(26-14-15-32-27(34-26)33-21-4-3-5-22(18-21)35-41(38)39)23-10-6-19(7-11-23)16-24(37)17-20-8-12-25(13-9-20)40-28(29,30)31/h3-15,18,35H,2,16-17H2,1H3,(H,38,39)(H,32,33,34)/p-1. The Hall–Kier alpha value is -4.49. The Kier molecular flexibility index (Phi) is 9.53. The van der Waals surface area contributed by atoms with Gasteiger partial charge in [0.15, 0.2) is 0 Å². The number of benzene rings is 3. The molecule has 1 aromatic heterocycles. The summed E-state index contributed by atoms with van der Waals surface area (Å²) in [6, 6.07) is 21.1. The van der Waals surface area contributed by atoms with Crippen molar-refractivity contribution in [2.24, 2.45) is 0 Å². The van der Waals surface area contributed by atoms with Crippen LogP contribution in [0.2, 0.25) is 0 Å². The van der Waals surface area contributed by atoms with E-state index in [1.807, 2.05) is 36.1 Å². The zero-order valence-electron chi connectivity index (χ0n) is 21.7. The Labute approximate surface area is 236 Å². The van der Waals surface area contributed by atoms with Gasteiger partial charge in [0, 0.05) is 53.9 Å². The molecule has 1 unspecified atom stereocenters. The van der Waals surface area contributed by atoms with Crippen molar-refractivity contribution in [3.8, 4) is 5.75 Å². The summed E-state index contributed by atoms with van der Waals surface area (Å²) in [6.45, 7) is 2.56. The highest BCUT2D eigenvalue weighted by Gasteiger charge is 2.31. The van der Waals surface area contributed by atoms with E-state index >= 15 is 0 Å². The van der Waals surface area contributed by atoms with Gasteiger partial charge < -0.3 is 24.2 Å². The molecule has 41 heavy (non-hydrogen) atoms. The molecular weight excluding hydrogens is 559 g/mol. The van der Waals surface area contributed by atoms with Crippen LogP contribution in [0.15, 0.2) is 85.1 Å². The number of carbonyl (C=O) groups excluding carboxylic acids is 1. The van der Waals surface area contributed by atoms with Crippen LogP contribution in [-0.4, -0.2) is 37.4 Å². The van der Waals surface area contributed by atoms with Crippen molar-refractivity contribution in [3.63, 3.8) is 0 Å². The van der Waals surface area contributed by atoms with Gasteiger partial charge in [-0.3, -0.25) is 9.00 Å². The molecule has 0 spiro atoms. The molecule has 3 aromatic carbocycles. The summed E-state index contributed by atoms with van der Waals surface area (Å²) >= 11 is -2.44. The van der Waals surface area contributed by atoms with E-state index in [0.717, 1.165) is 11.3 Å². The second-order valence-corrected chi connectivity index (χ2v) is 9.45. The number of ether oxygens (including phenoxy) is 1. The molecule has 1 heterocycles. The molecule has 4 aromatic rings. The number of halogens is 3. The first-order valence-electron chi connectivity index (χ1n) is 12.4. The normalized spacial score (nSPS) is 11.9. The lowest BCUT2D eigenvalue weighted by Crippen LogP contribution is -2.18. The number of anilines is 5. The summed E-state index contributed by atoms with van der Waals surface area (Å²) in [4.78, 5) is 23.4.